The summed E-state index contributed by atoms with van der Waals surface area (Å²) in [5.74, 6) is -0.106. The monoisotopic (exact) mass is 467 g/mol. The Morgan fingerprint density at radius 3 is 2.26 bits per heavy atom. The smallest absolute Gasteiger partial charge is 0.0963 e. The first-order valence-electron chi connectivity index (χ1n) is 5.61. The lowest BCUT2D eigenvalue weighted by atomic mass is 9.93. The summed E-state index contributed by atoms with van der Waals surface area (Å²) in [4.78, 5) is 0.900. The van der Waals surface area contributed by atoms with Gasteiger partial charge in [0.15, 0.2) is 0 Å². The molecule has 0 fully saturated rings. The zero-order valence-electron chi connectivity index (χ0n) is 9.82. The fraction of sp³-hybridized carbons (Fsp3) is 0.231. The predicted octanol–water partition coefficient (Wildman–Crippen LogP) is 4.81. The van der Waals surface area contributed by atoms with Gasteiger partial charge in [-0.05, 0) is 55.6 Å². The first-order chi connectivity index (χ1) is 9.02. The van der Waals surface area contributed by atoms with Crippen LogP contribution in [0.3, 0.4) is 0 Å². The van der Waals surface area contributed by atoms with Crippen molar-refractivity contribution in [3.63, 3.8) is 0 Å². The highest BCUT2D eigenvalue weighted by atomic mass is 79.9. The number of nitrogens with two attached hydrogens (primary N) is 1. The molecule has 2 nitrogen and oxygen atoms in total. The van der Waals surface area contributed by atoms with Gasteiger partial charge >= 0.3 is 0 Å². The van der Waals surface area contributed by atoms with Crippen LogP contribution in [0.25, 0.3) is 0 Å². The molecule has 0 aliphatic carbocycles. The molecule has 1 aromatic carbocycles. The molecule has 19 heavy (non-hydrogen) atoms. The summed E-state index contributed by atoms with van der Waals surface area (Å²) < 4.78 is 2.95. The van der Waals surface area contributed by atoms with E-state index in [2.05, 4.69) is 47.8 Å². The quantitative estimate of drug-likeness (QED) is 0.674. The van der Waals surface area contributed by atoms with Gasteiger partial charge in [0.1, 0.15) is 0 Å². The number of rotatable bonds is 4. The third-order valence-corrected chi connectivity index (χ3v) is 6.74. The molecule has 0 aliphatic rings. The molecule has 0 saturated carbocycles. The summed E-state index contributed by atoms with van der Waals surface area (Å²) in [6.07, 6.45) is -0.598. The largest absolute Gasteiger partial charge is 0.387 e. The first kappa shape index (κ1) is 15.7. The Hall–Kier alpha value is 0.280. The van der Waals surface area contributed by atoms with Crippen molar-refractivity contribution in [1.29, 1.82) is 0 Å². The maximum Gasteiger partial charge on any atom is 0.0963 e. The van der Waals surface area contributed by atoms with Crippen LogP contribution in [0.5, 0.6) is 0 Å². The van der Waals surface area contributed by atoms with Gasteiger partial charge in [0.25, 0.3) is 0 Å². The van der Waals surface area contributed by atoms with Crippen molar-refractivity contribution in [3.8, 4) is 0 Å². The van der Waals surface area contributed by atoms with Gasteiger partial charge in [0.2, 0.25) is 0 Å². The van der Waals surface area contributed by atoms with E-state index >= 15 is 0 Å². The standard InChI is InChI=1S/C13H12Br3NOS/c14-8-3-1-7(2-4-8)9(6-17)12(18)11-5-10(15)13(16)19-11/h1-5,9,12,18H,6,17H2. The van der Waals surface area contributed by atoms with Crippen LogP contribution in [0, 0.1) is 0 Å². The SMILES string of the molecule is NCC(c1ccc(Br)cc1)C(O)c1cc(Br)c(Br)s1. The van der Waals surface area contributed by atoms with E-state index in [-0.39, 0.29) is 5.92 Å². The minimum atomic E-state index is -0.598. The van der Waals surface area contributed by atoms with Crippen LogP contribution >= 0.6 is 59.1 Å². The van der Waals surface area contributed by atoms with Gasteiger partial charge in [-0.2, -0.15) is 0 Å². The predicted molar refractivity (Wildman–Crippen MR) is 90.6 cm³/mol. The molecule has 2 rings (SSSR count). The second-order valence-electron chi connectivity index (χ2n) is 4.11. The average molecular weight is 470 g/mol. The molecule has 6 heteroatoms. The van der Waals surface area contributed by atoms with E-state index in [0.29, 0.717) is 6.54 Å². The second-order valence-corrected chi connectivity index (χ2v) is 8.28. The zero-order valence-corrected chi connectivity index (χ0v) is 15.4. The normalized spacial score (nSPS) is 14.4. The van der Waals surface area contributed by atoms with Gasteiger partial charge in [0, 0.05) is 26.3 Å². The van der Waals surface area contributed by atoms with Crippen LogP contribution in [0.4, 0.5) is 0 Å². The van der Waals surface area contributed by atoms with Gasteiger partial charge in [0.05, 0.1) is 9.89 Å². The average Bonchev–Trinajstić information content (AvgIpc) is 2.73. The van der Waals surface area contributed by atoms with Crippen molar-refractivity contribution < 1.29 is 5.11 Å². The Labute approximate surface area is 141 Å². The number of halogens is 3. The van der Waals surface area contributed by atoms with E-state index < -0.39 is 6.10 Å². The van der Waals surface area contributed by atoms with Gasteiger partial charge in [-0.15, -0.1) is 11.3 Å². The van der Waals surface area contributed by atoms with Gasteiger partial charge in [-0.3, -0.25) is 0 Å². The van der Waals surface area contributed by atoms with E-state index in [4.69, 9.17) is 5.73 Å². The molecule has 0 radical (unpaired) electrons. The molecule has 0 aliphatic heterocycles. The first-order valence-corrected chi connectivity index (χ1v) is 8.80. The van der Waals surface area contributed by atoms with Crippen molar-refractivity contribution in [2.24, 2.45) is 5.73 Å². The molecule has 102 valence electrons. The fourth-order valence-electron chi connectivity index (χ4n) is 1.86. The topological polar surface area (TPSA) is 46.2 Å². The number of hydrogen-bond acceptors (Lipinski definition) is 3. The molecule has 0 bridgehead atoms. The van der Waals surface area contributed by atoms with E-state index in [0.717, 1.165) is 23.2 Å². The Morgan fingerprint density at radius 2 is 1.79 bits per heavy atom. The van der Waals surface area contributed by atoms with Crippen LogP contribution in [-0.4, -0.2) is 11.7 Å². The van der Waals surface area contributed by atoms with E-state index in [1.807, 2.05) is 30.3 Å². The molecule has 1 aromatic heterocycles. The minimum absolute atomic E-state index is 0.106. The second kappa shape index (κ2) is 6.83. The molecular weight excluding hydrogens is 458 g/mol. The lowest BCUT2D eigenvalue weighted by molar-refractivity contribution is 0.151. The van der Waals surface area contributed by atoms with Gasteiger partial charge in [-0.1, -0.05) is 28.1 Å². The highest BCUT2D eigenvalue weighted by molar-refractivity contribution is 9.13. The Balaban J connectivity index is 2.28. The number of thiophene rings is 1. The van der Waals surface area contributed by atoms with Gasteiger partial charge < -0.3 is 10.8 Å². The molecule has 0 saturated heterocycles. The molecule has 2 aromatic rings. The molecule has 2 unspecified atom stereocenters. The third kappa shape index (κ3) is 3.68. The van der Waals surface area contributed by atoms with E-state index in [9.17, 15) is 5.11 Å². The molecule has 3 N–H and O–H groups in total. The maximum absolute atomic E-state index is 10.5. The van der Waals surface area contributed by atoms with Crippen molar-refractivity contribution >= 4 is 59.1 Å². The molecule has 1 heterocycles. The number of benzene rings is 1. The molecule has 2 atom stereocenters. The Kier molecular flexibility index (Phi) is 5.63. The number of aliphatic hydroxyl groups excluding tert-OH is 1. The molecule has 0 amide bonds. The van der Waals surface area contributed by atoms with Crippen molar-refractivity contribution in [1.82, 2.24) is 0 Å². The third-order valence-electron chi connectivity index (χ3n) is 2.89. The highest BCUT2D eigenvalue weighted by Crippen LogP contribution is 2.40. The highest BCUT2D eigenvalue weighted by Gasteiger charge is 2.23. The fourth-order valence-corrected chi connectivity index (χ4v) is 4.27. The van der Waals surface area contributed by atoms with Crippen LogP contribution in [0.1, 0.15) is 22.5 Å². The van der Waals surface area contributed by atoms with Gasteiger partial charge in [-0.25, -0.2) is 0 Å². The Bertz CT molecular complexity index is 536. The summed E-state index contributed by atoms with van der Waals surface area (Å²) >= 11 is 11.8. The summed E-state index contributed by atoms with van der Waals surface area (Å²) in [5, 5.41) is 10.5. The lowest BCUT2D eigenvalue weighted by Gasteiger charge is -2.21. The molecule has 0 spiro atoms. The van der Waals surface area contributed by atoms with Crippen LogP contribution in [-0.2, 0) is 0 Å². The van der Waals surface area contributed by atoms with E-state index in [1.54, 1.807) is 0 Å². The number of aliphatic hydroxyl groups is 1. The van der Waals surface area contributed by atoms with Crippen molar-refractivity contribution in [2.75, 3.05) is 6.54 Å². The van der Waals surface area contributed by atoms with Crippen LogP contribution in [0.15, 0.2) is 43.1 Å². The molecular formula is C13H12Br3NOS. The summed E-state index contributed by atoms with van der Waals surface area (Å²) in [5.41, 5.74) is 6.88. The maximum atomic E-state index is 10.5. The summed E-state index contributed by atoms with van der Waals surface area (Å²) in [7, 11) is 0. The van der Waals surface area contributed by atoms with Crippen LogP contribution in [0.2, 0.25) is 0 Å². The lowest BCUT2D eigenvalue weighted by Crippen LogP contribution is -2.19. The minimum Gasteiger partial charge on any atom is -0.387 e. The van der Waals surface area contributed by atoms with E-state index in [1.165, 1.54) is 11.3 Å². The van der Waals surface area contributed by atoms with Crippen molar-refractivity contribution in [3.05, 3.63) is 53.5 Å². The van der Waals surface area contributed by atoms with Crippen LogP contribution < -0.4 is 5.73 Å². The summed E-state index contributed by atoms with van der Waals surface area (Å²) in [6.45, 7) is 0.399. The van der Waals surface area contributed by atoms with Crippen molar-refractivity contribution in [2.45, 2.75) is 12.0 Å². The number of hydrogen-bond donors (Lipinski definition) is 2. The Morgan fingerprint density at radius 1 is 1.16 bits per heavy atom. The summed E-state index contributed by atoms with van der Waals surface area (Å²) in [6, 6.07) is 9.84. The zero-order chi connectivity index (χ0) is 14.0.